The second-order valence-electron chi connectivity index (χ2n) is 6.37. The molecule has 0 aliphatic carbocycles. The second-order valence-corrected chi connectivity index (χ2v) is 7.81. The smallest absolute Gasteiger partial charge is 0.124 e. The largest absolute Gasteiger partial charge is 0.507 e. The van der Waals surface area contributed by atoms with E-state index in [4.69, 9.17) is 11.6 Å². The maximum atomic E-state index is 9.85. The minimum atomic E-state index is 0.321. The molecule has 27 heavy (non-hydrogen) atoms. The molecule has 6 heteroatoms. The lowest BCUT2D eigenvalue weighted by molar-refractivity contribution is 0.467. The fourth-order valence-electron chi connectivity index (χ4n) is 2.74. The van der Waals surface area contributed by atoms with Crippen molar-refractivity contribution in [3.63, 3.8) is 0 Å². The van der Waals surface area contributed by atoms with Crippen LogP contribution in [0.2, 0.25) is 5.02 Å². The number of aromatic nitrogens is 1. The van der Waals surface area contributed by atoms with Gasteiger partial charge in [0, 0.05) is 10.6 Å². The van der Waals surface area contributed by atoms with Crippen LogP contribution >= 0.6 is 22.9 Å². The van der Waals surface area contributed by atoms with Crippen molar-refractivity contribution in [3.05, 3.63) is 68.7 Å². The van der Waals surface area contributed by atoms with E-state index in [1.165, 1.54) is 0 Å². The molecular formula is C21H20ClN3OS. The number of hydrogen-bond acceptors (Lipinski definition) is 5. The maximum Gasteiger partial charge on any atom is 0.124 e. The van der Waals surface area contributed by atoms with Gasteiger partial charge in [0.25, 0.3) is 0 Å². The molecule has 3 aromatic rings. The Bertz CT molecular complexity index is 1010. The molecule has 138 valence electrons. The van der Waals surface area contributed by atoms with Crippen molar-refractivity contribution < 1.29 is 5.11 Å². The van der Waals surface area contributed by atoms with Gasteiger partial charge < -0.3 is 5.11 Å². The molecule has 0 saturated heterocycles. The maximum absolute atomic E-state index is 9.85. The molecule has 0 spiro atoms. The lowest BCUT2D eigenvalue weighted by Crippen LogP contribution is -1.93. The average molecular weight is 398 g/mol. The third-order valence-corrected chi connectivity index (χ3v) is 5.71. The lowest BCUT2D eigenvalue weighted by Gasteiger charge is -2.03. The van der Waals surface area contributed by atoms with Crippen LogP contribution in [0.3, 0.4) is 0 Å². The Balaban J connectivity index is 1.83. The molecule has 0 saturated carbocycles. The van der Waals surface area contributed by atoms with E-state index in [0.717, 1.165) is 43.5 Å². The molecule has 1 N–H and O–H groups in total. The van der Waals surface area contributed by atoms with Gasteiger partial charge in [-0.2, -0.15) is 10.2 Å². The lowest BCUT2D eigenvalue weighted by atomic mass is 10.1. The van der Waals surface area contributed by atoms with Crippen molar-refractivity contribution >= 4 is 34.9 Å². The first-order valence-corrected chi connectivity index (χ1v) is 9.66. The third kappa shape index (κ3) is 4.43. The van der Waals surface area contributed by atoms with Gasteiger partial charge in [-0.3, -0.25) is 0 Å². The normalized spacial score (nSPS) is 12.1. The zero-order valence-corrected chi connectivity index (χ0v) is 17.2. The fourth-order valence-corrected chi connectivity index (χ4v) is 3.88. The molecule has 0 aliphatic rings. The molecule has 1 heterocycles. The average Bonchev–Trinajstić information content (AvgIpc) is 3.02. The Morgan fingerprint density at radius 3 is 2.37 bits per heavy atom. The first-order chi connectivity index (χ1) is 12.8. The van der Waals surface area contributed by atoms with Crippen LogP contribution in [0.25, 0.3) is 10.6 Å². The van der Waals surface area contributed by atoms with E-state index >= 15 is 0 Å². The van der Waals surface area contributed by atoms with E-state index in [9.17, 15) is 5.11 Å². The van der Waals surface area contributed by atoms with Crippen molar-refractivity contribution in [1.29, 1.82) is 0 Å². The van der Waals surface area contributed by atoms with Crippen LogP contribution in [0, 0.1) is 20.8 Å². The quantitative estimate of drug-likeness (QED) is 0.437. The predicted octanol–water partition coefficient (Wildman–Crippen LogP) is 5.94. The van der Waals surface area contributed by atoms with Crippen molar-refractivity contribution in [2.45, 2.75) is 27.7 Å². The standard InChI is InChI=1S/C21H20ClN3OS/c1-12-9-16(10-13(2)19(12)26)11-23-25-15(4)20-14(3)24-21(27-20)17-5-7-18(22)8-6-17/h5-11,26H,1-4H3. The zero-order valence-electron chi connectivity index (χ0n) is 15.6. The van der Waals surface area contributed by atoms with Crippen LogP contribution < -0.4 is 0 Å². The van der Waals surface area contributed by atoms with E-state index in [1.54, 1.807) is 17.6 Å². The Morgan fingerprint density at radius 2 is 1.74 bits per heavy atom. The predicted molar refractivity (Wildman–Crippen MR) is 115 cm³/mol. The van der Waals surface area contributed by atoms with E-state index in [2.05, 4.69) is 15.2 Å². The number of halogens is 1. The first-order valence-electron chi connectivity index (χ1n) is 8.46. The number of phenolic OH excluding ortho intramolecular Hbond substituents is 1. The summed E-state index contributed by atoms with van der Waals surface area (Å²) in [6, 6.07) is 11.4. The Hall–Kier alpha value is -2.50. The number of benzene rings is 2. The third-order valence-electron chi connectivity index (χ3n) is 4.14. The van der Waals surface area contributed by atoms with Gasteiger partial charge in [0.1, 0.15) is 10.8 Å². The van der Waals surface area contributed by atoms with Crippen LogP contribution in [-0.2, 0) is 0 Å². The summed E-state index contributed by atoms with van der Waals surface area (Å²) >= 11 is 7.54. The Labute approximate surface area is 167 Å². The fraction of sp³-hybridized carbons (Fsp3) is 0.190. The van der Waals surface area contributed by atoms with Gasteiger partial charge in [0.15, 0.2) is 0 Å². The highest BCUT2D eigenvalue weighted by atomic mass is 35.5. The first kappa shape index (κ1) is 19.3. The number of thiazole rings is 1. The molecule has 0 bridgehead atoms. The molecule has 2 aromatic carbocycles. The van der Waals surface area contributed by atoms with Gasteiger partial charge in [-0.05, 0) is 68.7 Å². The van der Waals surface area contributed by atoms with E-state index < -0.39 is 0 Å². The highest BCUT2D eigenvalue weighted by molar-refractivity contribution is 7.17. The van der Waals surface area contributed by atoms with Gasteiger partial charge in [0.2, 0.25) is 0 Å². The summed E-state index contributed by atoms with van der Waals surface area (Å²) in [6.07, 6.45) is 1.69. The number of aryl methyl sites for hydroxylation is 3. The summed E-state index contributed by atoms with van der Waals surface area (Å²) in [5.74, 6) is 0.321. The molecule has 0 fully saturated rings. The van der Waals surface area contributed by atoms with Gasteiger partial charge in [-0.1, -0.05) is 23.7 Å². The number of rotatable bonds is 4. The molecular weight excluding hydrogens is 378 g/mol. The summed E-state index contributed by atoms with van der Waals surface area (Å²) in [6.45, 7) is 7.64. The van der Waals surface area contributed by atoms with Gasteiger partial charge >= 0.3 is 0 Å². The van der Waals surface area contributed by atoms with Crippen LogP contribution in [-0.4, -0.2) is 22.0 Å². The van der Waals surface area contributed by atoms with Crippen LogP contribution in [0.1, 0.15) is 34.2 Å². The molecule has 0 radical (unpaired) electrons. The SMILES string of the molecule is CC(=NN=Cc1cc(C)c(O)c(C)c1)c1sc(-c2ccc(Cl)cc2)nc1C. The number of nitrogens with zero attached hydrogens (tertiary/aromatic N) is 3. The zero-order chi connectivity index (χ0) is 19.6. The van der Waals surface area contributed by atoms with E-state index in [1.807, 2.05) is 64.1 Å². The highest BCUT2D eigenvalue weighted by Crippen LogP contribution is 2.29. The topological polar surface area (TPSA) is 57.8 Å². The summed E-state index contributed by atoms with van der Waals surface area (Å²) in [7, 11) is 0. The van der Waals surface area contributed by atoms with E-state index in [0.29, 0.717) is 10.8 Å². The molecule has 0 atom stereocenters. The van der Waals surface area contributed by atoms with Crippen molar-refractivity contribution in [2.75, 3.05) is 0 Å². The van der Waals surface area contributed by atoms with Crippen LogP contribution in [0.5, 0.6) is 5.75 Å². The highest BCUT2D eigenvalue weighted by Gasteiger charge is 2.12. The molecule has 0 amide bonds. The summed E-state index contributed by atoms with van der Waals surface area (Å²) in [5, 5.41) is 20.0. The van der Waals surface area contributed by atoms with Gasteiger partial charge in [-0.15, -0.1) is 11.3 Å². The monoisotopic (exact) mass is 397 g/mol. The van der Waals surface area contributed by atoms with Crippen molar-refractivity contribution in [1.82, 2.24) is 4.98 Å². The molecule has 0 aliphatic heterocycles. The van der Waals surface area contributed by atoms with Gasteiger partial charge in [-0.25, -0.2) is 4.98 Å². The van der Waals surface area contributed by atoms with Crippen LogP contribution in [0.4, 0.5) is 0 Å². The molecule has 4 nitrogen and oxygen atoms in total. The van der Waals surface area contributed by atoms with E-state index in [-0.39, 0.29) is 0 Å². The van der Waals surface area contributed by atoms with Crippen LogP contribution in [0.15, 0.2) is 46.6 Å². The summed E-state index contributed by atoms with van der Waals surface area (Å²) in [5.41, 5.74) is 5.32. The minimum Gasteiger partial charge on any atom is -0.507 e. The summed E-state index contributed by atoms with van der Waals surface area (Å²) in [4.78, 5) is 5.66. The minimum absolute atomic E-state index is 0.321. The second kappa shape index (κ2) is 8.03. The molecule has 1 aromatic heterocycles. The molecule has 3 rings (SSSR count). The number of aromatic hydroxyl groups is 1. The molecule has 0 unspecified atom stereocenters. The Kier molecular flexibility index (Phi) is 5.73. The number of phenols is 1. The summed E-state index contributed by atoms with van der Waals surface area (Å²) < 4.78 is 0. The number of hydrogen-bond donors (Lipinski definition) is 1. The van der Waals surface area contributed by atoms with Crippen molar-refractivity contribution in [3.8, 4) is 16.3 Å². The van der Waals surface area contributed by atoms with Gasteiger partial charge in [0.05, 0.1) is 22.5 Å². The Morgan fingerprint density at radius 1 is 1.11 bits per heavy atom. The van der Waals surface area contributed by atoms with Crippen molar-refractivity contribution in [2.24, 2.45) is 10.2 Å².